The van der Waals surface area contributed by atoms with Crippen LogP contribution in [0.4, 0.5) is 0 Å². The van der Waals surface area contributed by atoms with Crippen molar-refractivity contribution < 1.29 is 9.39 Å². The van der Waals surface area contributed by atoms with Gasteiger partial charge < -0.3 is 5.73 Å². The summed E-state index contributed by atoms with van der Waals surface area (Å²) in [7, 11) is 3.52. The number of rotatable bonds is 3. The number of carbonyl (C=O) groups is 1. The van der Waals surface area contributed by atoms with Crippen LogP contribution in [0, 0.1) is 5.92 Å². The van der Waals surface area contributed by atoms with Crippen molar-refractivity contribution in [2.24, 2.45) is 17.5 Å². The third-order valence-electron chi connectivity index (χ3n) is 1.64. The van der Waals surface area contributed by atoms with Gasteiger partial charge >= 0.3 is 0 Å². The van der Waals surface area contributed by atoms with E-state index < -0.39 is 0 Å². The Labute approximate surface area is 67.7 Å². The summed E-state index contributed by atoms with van der Waals surface area (Å²) < 4.78 is 0.104. The lowest BCUT2D eigenvalue weighted by Crippen LogP contribution is -2.61. The zero-order valence-corrected chi connectivity index (χ0v) is 7.66. The molecule has 0 fully saturated rings. The zero-order chi connectivity index (χ0) is 9.23. The molecule has 1 amide bonds. The van der Waals surface area contributed by atoms with Crippen LogP contribution in [0.2, 0.25) is 0 Å². The van der Waals surface area contributed by atoms with Crippen LogP contribution < -0.4 is 11.6 Å². The van der Waals surface area contributed by atoms with E-state index in [1.165, 1.54) is 0 Å². The lowest BCUT2D eigenvalue weighted by Gasteiger charge is -2.32. The maximum Gasteiger partial charge on any atom is 0.277 e. The quantitative estimate of drug-likeness (QED) is 0.330. The highest BCUT2D eigenvalue weighted by molar-refractivity contribution is 5.78. The fourth-order valence-electron chi connectivity index (χ4n) is 1.42. The van der Waals surface area contributed by atoms with Gasteiger partial charge in [0.05, 0.1) is 14.1 Å². The fourth-order valence-corrected chi connectivity index (χ4v) is 1.42. The summed E-state index contributed by atoms with van der Waals surface area (Å²) in [5.41, 5.74) is 5.19. The van der Waals surface area contributed by atoms with E-state index in [0.29, 0.717) is 0 Å². The molecule has 1 atom stereocenters. The molecule has 4 heteroatoms. The molecule has 0 saturated carbocycles. The third kappa shape index (κ3) is 2.86. The van der Waals surface area contributed by atoms with E-state index in [1.54, 1.807) is 14.1 Å². The second kappa shape index (κ2) is 3.19. The van der Waals surface area contributed by atoms with E-state index in [4.69, 9.17) is 11.6 Å². The summed E-state index contributed by atoms with van der Waals surface area (Å²) in [6, 6.07) is -0.310. The van der Waals surface area contributed by atoms with Gasteiger partial charge in [-0.1, -0.05) is 13.8 Å². The van der Waals surface area contributed by atoms with Crippen LogP contribution in [0.1, 0.15) is 13.8 Å². The van der Waals surface area contributed by atoms with Gasteiger partial charge in [0.25, 0.3) is 5.91 Å². The number of primary amides is 1. The summed E-state index contributed by atoms with van der Waals surface area (Å²) in [6.07, 6.45) is 0. The Bertz CT molecular complexity index is 148. The van der Waals surface area contributed by atoms with Gasteiger partial charge in [-0.25, -0.2) is 4.59 Å². The second-order valence-electron chi connectivity index (χ2n) is 3.72. The molecular weight excluding hydrogens is 142 g/mol. The monoisotopic (exact) mass is 160 g/mol. The normalized spacial score (nSPS) is 15.1. The first-order chi connectivity index (χ1) is 4.76. The van der Waals surface area contributed by atoms with Crippen molar-refractivity contribution in [2.45, 2.75) is 19.9 Å². The van der Waals surface area contributed by atoms with Crippen molar-refractivity contribution in [1.82, 2.24) is 0 Å². The maximum absolute atomic E-state index is 10.9. The van der Waals surface area contributed by atoms with E-state index in [9.17, 15) is 4.79 Å². The summed E-state index contributed by atoms with van der Waals surface area (Å²) in [4.78, 5) is 10.9. The lowest BCUT2D eigenvalue weighted by molar-refractivity contribution is -0.920. The number of nitrogens with two attached hydrogens (primary N) is 2. The number of hydrogen-bond donors (Lipinski definition) is 2. The molecule has 0 aliphatic heterocycles. The lowest BCUT2D eigenvalue weighted by atomic mass is 10.0. The molecule has 0 saturated heterocycles. The minimum atomic E-state index is -0.340. The Hall–Kier alpha value is -0.610. The van der Waals surface area contributed by atoms with Crippen LogP contribution >= 0.6 is 0 Å². The van der Waals surface area contributed by atoms with Crippen molar-refractivity contribution in [3.05, 3.63) is 0 Å². The van der Waals surface area contributed by atoms with Gasteiger partial charge in [-0.15, -0.1) is 0 Å². The smallest absolute Gasteiger partial charge is 0.277 e. The van der Waals surface area contributed by atoms with Crippen LogP contribution in [0.5, 0.6) is 0 Å². The molecule has 0 aliphatic carbocycles. The molecule has 0 rings (SSSR count). The van der Waals surface area contributed by atoms with Gasteiger partial charge in [0.1, 0.15) is 0 Å². The molecule has 4 nitrogen and oxygen atoms in total. The molecule has 4 N–H and O–H groups in total. The highest BCUT2D eigenvalue weighted by atomic mass is 16.1. The first-order valence-corrected chi connectivity index (χ1v) is 3.68. The van der Waals surface area contributed by atoms with E-state index in [1.807, 2.05) is 13.8 Å². The Balaban J connectivity index is 4.49. The molecule has 0 aromatic carbocycles. The molecule has 11 heavy (non-hydrogen) atoms. The van der Waals surface area contributed by atoms with Gasteiger partial charge in [0.15, 0.2) is 6.04 Å². The van der Waals surface area contributed by atoms with Crippen molar-refractivity contribution in [2.75, 3.05) is 14.1 Å². The summed E-state index contributed by atoms with van der Waals surface area (Å²) in [6.45, 7) is 3.87. The average molecular weight is 160 g/mol. The van der Waals surface area contributed by atoms with Crippen LogP contribution in [0.3, 0.4) is 0 Å². The number of nitrogens with zero attached hydrogens (tertiary/aromatic N) is 1. The van der Waals surface area contributed by atoms with Gasteiger partial charge in [0.2, 0.25) is 0 Å². The zero-order valence-electron chi connectivity index (χ0n) is 7.66. The van der Waals surface area contributed by atoms with Gasteiger partial charge in [-0.2, -0.15) is 5.84 Å². The number of carbonyl (C=O) groups excluding carboxylic acids is 1. The van der Waals surface area contributed by atoms with E-state index in [2.05, 4.69) is 0 Å². The van der Waals surface area contributed by atoms with Crippen LogP contribution in [-0.2, 0) is 4.79 Å². The first kappa shape index (κ1) is 10.4. The summed E-state index contributed by atoms with van der Waals surface area (Å²) in [5, 5.41) is 0. The molecule has 0 aliphatic rings. The standard InChI is InChI=1S/C7H17N3O/c1-5(2)6(7(8)11)10(3,4)9/h5-6H,9H2,1-4H3,(H-,8,11)/p+1. The Morgan fingerprint density at radius 2 is 1.73 bits per heavy atom. The molecule has 0 heterocycles. The van der Waals surface area contributed by atoms with E-state index in [-0.39, 0.29) is 22.5 Å². The minimum Gasteiger partial charge on any atom is -0.364 e. The Kier molecular flexibility index (Phi) is 3.02. The molecule has 0 aromatic heterocycles. The Morgan fingerprint density at radius 3 is 1.73 bits per heavy atom. The van der Waals surface area contributed by atoms with Crippen molar-refractivity contribution >= 4 is 5.91 Å². The van der Waals surface area contributed by atoms with Crippen molar-refractivity contribution in [1.29, 1.82) is 0 Å². The number of amides is 1. The highest BCUT2D eigenvalue weighted by Gasteiger charge is 2.33. The largest absolute Gasteiger partial charge is 0.364 e. The topological polar surface area (TPSA) is 69.1 Å². The van der Waals surface area contributed by atoms with E-state index in [0.717, 1.165) is 0 Å². The Morgan fingerprint density at radius 1 is 1.36 bits per heavy atom. The molecule has 0 radical (unpaired) electrons. The minimum absolute atomic E-state index is 0.104. The third-order valence-corrected chi connectivity index (χ3v) is 1.64. The van der Waals surface area contributed by atoms with Crippen LogP contribution in [0.25, 0.3) is 0 Å². The first-order valence-electron chi connectivity index (χ1n) is 3.68. The van der Waals surface area contributed by atoms with Crippen LogP contribution in [0.15, 0.2) is 0 Å². The molecule has 66 valence electrons. The molecule has 0 bridgehead atoms. The average Bonchev–Trinajstić information content (AvgIpc) is 1.54. The van der Waals surface area contributed by atoms with Gasteiger partial charge in [-0.3, -0.25) is 4.79 Å². The number of likely N-dealkylation sites (N-methyl/N-ethyl adjacent to an activating group) is 1. The molecule has 0 spiro atoms. The highest BCUT2D eigenvalue weighted by Crippen LogP contribution is 2.10. The predicted molar refractivity (Wildman–Crippen MR) is 44.1 cm³/mol. The number of hydrogen-bond acceptors (Lipinski definition) is 2. The summed E-state index contributed by atoms with van der Waals surface area (Å²) in [5.74, 6) is 5.55. The molecule has 1 unspecified atom stereocenters. The van der Waals surface area contributed by atoms with E-state index >= 15 is 0 Å². The van der Waals surface area contributed by atoms with Crippen LogP contribution in [-0.4, -0.2) is 30.6 Å². The van der Waals surface area contributed by atoms with Crippen molar-refractivity contribution in [3.8, 4) is 0 Å². The summed E-state index contributed by atoms with van der Waals surface area (Å²) >= 11 is 0. The molecular formula is C7H18N3O+. The maximum atomic E-state index is 10.9. The molecule has 0 aromatic rings. The second-order valence-corrected chi connectivity index (χ2v) is 3.72. The fraction of sp³-hybridized carbons (Fsp3) is 0.857. The van der Waals surface area contributed by atoms with Gasteiger partial charge in [-0.05, 0) is 0 Å². The number of quaternary nitrogens is 1. The predicted octanol–water partition coefficient (Wildman–Crippen LogP) is -0.554. The SMILES string of the molecule is CC(C)C(C(N)=O)[N+](C)(C)N. The van der Waals surface area contributed by atoms with Gasteiger partial charge in [0, 0.05) is 5.92 Å². The van der Waals surface area contributed by atoms with Crippen molar-refractivity contribution in [3.63, 3.8) is 0 Å².